The molecule has 4 fully saturated rings. The van der Waals surface area contributed by atoms with E-state index in [4.69, 9.17) is 4.74 Å². The second-order valence-corrected chi connectivity index (χ2v) is 21.6. The molecule has 4 saturated carbocycles. The molecule has 2 nitrogen and oxygen atoms in total. The van der Waals surface area contributed by atoms with Gasteiger partial charge < -0.3 is 9.64 Å². The summed E-state index contributed by atoms with van der Waals surface area (Å²) in [5.41, 5.74) is 18.2. The van der Waals surface area contributed by atoms with E-state index < -0.39 is 0 Å². The number of ether oxygens (including phenoxy) is 1. The van der Waals surface area contributed by atoms with Gasteiger partial charge in [0.1, 0.15) is 11.5 Å². The Morgan fingerprint density at radius 2 is 1.17 bits per heavy atom. The molecule has 2 spiro atoms. The Morgan fingerprint density at radius 3 is 1.97 bits per heavy atom. The maximum atomic E-state index is 7.30. The topological polar surface area (TPSA) is 12.5 Å². The number of fused-ring (bicyclic) bond motifs is 11. The fourth-order valence-electron chi connectivity index (χ4n) is 15.2. The SMILES string of the molecule is CC1(C)CCC(C)(C)c2cc(N(c3cc4c(c(-c5ccccc5)c3)C3(c5ccccc5O4)C4CC5CC6CC3C64C5)c3ccc4c(c3)C(C)(C)c3ccccc3-4)ccc21. The largest absolute Gasteiger partial charge is 0.457 e. The van der Waals surface area contributed by atoms with Gasteiger partial charge in [-0.15, -0.1) is 0 Å². The van der Waals surface area contributed by atoms with Crippen LogP contribution in [0.15, 0.2) is 127 Å². The highest BCUT2D eigenvalue weighted by Crippen LogP contribution is 2.89. The maximum absolute atomic E-state index is 7.30. The number of hydrogen-bond donors (Lipinski definition) is 0. The van der Waals surface area contributed by atoms with Crippen molar-refractivity contribution < 1.29 is 4.74 Å². The lowest BCUT2D eigenvalue weighted by Crippen LogP contribution is -2.74. The van der Waals surface area contributed by atoms with E-state index in [0.29, 0.717) is 17.3 Å². The molecular formula is C57H55NO. The minimum absolute atomic E-state index is 0.0187. The van der Waals surface area contributed by atoms with Crippen LogP contribution < -0.4 is 9.64 Å². The van der Waals surface area contributed by atoms with E-state index in [9.17, 15) is 0 Å². The van der Waals surface area contributed by atoms with E-state index >= 15 is 0 Å². The van der Waals surface area contributed by atoms with Gasteiger partial charge in [-0.3, -0.25) is 0 Å². The minimum Gasteiger partial charge on any atom is -0.457 e. The second kappa shape index (κ2) is 11.2. The summed E-state index contributed by atoms with van der Waals surface area (Å²) in [4.78, 5) is 2.57. The van der Waals surface area contributed by atoms with Crippen LogP contribution in [0.4, 0.5) is 17.1 Å². The Balaban J connectivity index is 1.07. The molecule has 1 aliphatic heterocycles. The lowest BCUT2D eigenvalue weighted by molar-refractivity contribution is -0.234. The van der Waals surface area contributed by atoms with Crippen LogP contribution in [0.1, 0.15) is 113 Å². The van der Waals surface area contributed by atoms with Crippen molar-refractivity contribution in [2.45, 2.75) is 102 Å². The van der Waals surface area contributed by atoms with Crippen LogP contribution in [0.3, 0.4) is 0 Å². The Labute approximate surface area is 350 Å². The van der Waals surface area contributed by atoms with E-state index in [0.717, 1.165) is 29.0 Å². The summed E-state index contributed by atoms with van der Waals surface area (Å²) < 4.78 is 7.30. The number of nitrogens with zero attached hydrogens (tertiary/aromatic N) is 1. The van der Waals surface area contributed by atoms with Crippen molar-refractivity contribution >= 4 is 17.1 Å². The number of hydrogen-bond acceptors (Lipinski definition) is 2. The molecule has 6 aromatic rings. The van der Waals surface area contributed by atoms with Gasteiger partial charge in [-0.25, -0.2) is 0 Å². The monoisotopic (exact) mass is 769 g/mol. The molecule has 2 heteroatoms. The van der Waals surface area contributed by atoms with Crippen LogP contribution in [0.5, 0.6) is 11.5 Å². The van der Waals surface area contributed by atoms with Crippen LogP contribution in [0, 0.1) is 29.1 Å². The average molecular weight is 770 g/mol. The normalized spacial score (nSPS) is 29.5. The highest BCUT2D eigenvalue weighted by molar-refractivity contribution is 5.89. The minimum atomic E-state index is -0.110. The highest BCUT2D eigenvalue weighted by Gasteiger charge is 2.84. The van der Waals surface area contributed by atoms with Gasteiger partial charge in [-0.2, -0.15) is 0 Å². The zero-order valence-corrected chi connectivity index (χ0v) is 35.5. The van der Waals surface area contributed by atoms with Crippen LogP contribution in [-0.2, 0) is 21.7 Å². The molecule has 1 heterocycles. The first-order chi connectivity index (χ1) is 28.4. The Kier molecular flexibility index (Phi) is 6.59. The standard InChI is InChI=1S/C57H55NO/c1-53(2)24-25-54(3,4)47-31-38(21-23-44(47)53)58(37-20-22-41-40-16-10-11-17-43(40)55(5,6)46(41)30-37)39-29-42(35-14-8-7-9-15-35)52-49(32-39)59-48-19-13-12-18-45(48)57(52)50-27-34-26-36-28-51(57)56(36,50)33-34/h7-23,29-32,34,36,50-51H,24-28,33H2,1-6H3. The van der Waals surface area contributed by atoms with Gasteiger partial charge in [0, 0.05) is 39.4 Å². The van der Waals surface area contributed by atoms with Gasteiger partial charge in [0.15, 0.2) is 0 Å². The van der Waals surface area contributed by atoms with Gasteiger partial charge >= 0.3 is 0 Å². The van der Waals surface area contributed by atoms with E-state index in [2.05, 4.69) is 174 Å². The molecule has 2 bridgehead atoms. The predicted octanol–water partition coefficient (Wildman–Crippen LogP) is 14.9. The highest BCUT2D eigenvalue weighted by atomic mass is 16.5. The fraction of sp³-hybridized carbons (Fsp3) is 0.368. The molecular weight excluding hydrogens is 715 g/mol. The molecule has 0 aromatic heterocycles. The predicted molar refractivity (Wildman–Crippen MR) is 242 cm³/mol. The molecule has 6 aliphatic carbocycles. The van der Waals surface area contributed by atoms with Crippen molar-refractivity contribution in [1.29, 1.82) is 0 Å². The van der Waals surface area contributed by atoms with E-state index in [1.54, 1.807) is 0 Å². The summed E-state index contributed by atoms with van der Waals surface area (Å²) in [6.45, 7) is 14.6. The van der Waals surface area contributed by atoms with Crippen molar-refractivity contribution in [1.82, 2.24) is 0 Å². The van der Waals surface area contributed by atoms with Gasteiger partial charge in [-0.1, -0.05) is 126 Å². The van der Waals surface area contributed by atoms with Gasteiger partial charge in [0.05, 0.1) is 5.69 Å². The van der Waals surface area contributed by atoms with Gasteiger partial charge in [-0.05, 0) is 159 Å². The molecule has 294 valence electrons. The van der Waals surface area contributed by atoms with E-state index in [1.807, 2.05) is 0 Å². The van der Waals surface area contributed by atoms with Crippen LogP contribution in [0.2, 0.25) is 0 Å². The summed E-state index contributed by atoms with van der Waals surface area (Å²) in [6, 6.07) is 49.2. The third-order valence-electron chi connectivity index (χ3n) is 17.8. The fourth-order valence-corrected chi connectivity index (χ4v) is 15.2. The number of benzene rings is 6. The average Bonchev–Trinajstić information content (AvgIpc) is 3.85. The Morgan fingerprint density at radius 1 is 0.508 bits per heavy atom. The molecule has 59 heavy (non-hydrogen) atoms. The lowest BCUT2D eigenvalue weighted by Gasteiger charge is -2.77. The number of para-hydroxylation sites is 1. The third kappa shape index (κ3) is 4.19. The van der Waals surface area contributed by atoms with Gasteiger partial charge in [0.2, 0.25) is 0 Å². The van der Waals surface area contributed by atoms with Crippen molar-refractivity contribution in [3.63, 3.8) is 0 Å². The second-order valence-electron chi connectivity index (χ2n) is 21.6. The number of rotatable bonds is 4. The zero-order valence-electron chi connectivity index (χ0n) is 35.5. The van der Waals surface area contributed by atoms with E-state index in [-0.39, 0.29) is 21.7 Å². The molecule has 7 aliphatic rings. The van der Waals surface area contributed by atoms with Crippen molar-refractivity contribution in [2.75, 3.05) is 4.90 Å². The first-order valence-corrected chi connectivity index (χ1v) is 22.6. The van der Waals surface area contributed by atoms with Crippen molar-refractivity contribution in [3.05, 3.63) is 161 Å². The summed E-state index contributed by atoms with van der Waals surface area (Å²) in [7, 11) is 0. The van der Waals surface area contributed by atoms with Crippen LogP contribution >= 0.6 is 0 Å². The van der Waals surface area contributed by atoms with Crippen LogP contribution in [-0.4, -0.2) is 0 Å². The smallest absolute Gasteiger partial charge is 0.134 e. The first kappa shape index (κ1) is 34.8. The number of anilines is 3. The first-order valence-electron chi connectivity index (χ1n) is 22.6. The molecule has 0 saturated heterocycles. The van der Waals surface area contributed by atoms with Crippen molar-refractivity contribution in [3.8, 4) is 33.8 Å². The van der Waals surface area contributed by atoms with Crippen LogP contribution in [0.25, 0.3) is 22.3 Å². The Hall–Kier alpha value is -5.08. The molecule has 6 aromatic carbocycles. The molecule has 0 radical (unpaired) electrons. The molecule has 6 atom stereocenters. The summed E-state index contributed by atoms with van der Waals surface area (Å²) in [6.07, 6.45) is 8.01. The summed E-state index contributed by atoms with van der Waals surface area (Å²) in [5, 5.41) is 0. The zero-order chi connectivity index (χ0) is 39.8. The maximum Gasteiger partial charge on any atom is 0.134 e. The summed E-state index contributed by atoms with van der Waals surface area (Å²) >= 11 is 0. The summed E-state index contributed by atoms with van der Waals surface area (Å²) in [5.74, 6) is 5.29. The Bertz CT molecular complexity index is 2790. The molecule has 0 amide bonds. The third-order valence-corrected chi connectivity index (χ3v) is 17.8. The lowest BCUT2D eigenvalue weighted by atomic mass is 9.26. The van der Waals surface area contributed by atoms with E-state index in [1.165, 1.54) is 106 Å². The molecule has 13 rings (SSSR count). The van der Waals surface area contributed by atoms with Gasteiger partial charge in [0.25, 0.3) is 0 Å². The van der Waals surface area contributed by atoms with Crippen molar-refractivity contribution in [2.24, 2.45) is 29.1 Å². The molecule has 0 N–H and O–H groups in total. The quantitative estimate of drug-likeness (QED) is 0.177. The molecule has 6 unspecified atom stereocenters.